The highest BCUT2D eigenvalue weighted by Crippen LogP contribution is 2.61. The van der Waals surface area contributed by atoms with Crippen molar-refractivity contribution < 1.29 is 90.0 Å². The van der Waals surface area contributed by atoms with Gasteiger partial charge in [-0.05, 0) is 190 Å². The molecule has 28 nitrogen and oxygen atoms in total. The third kappa shape index (κ3) is 25.2. The summed E-state index contributed by atoms with van der Waals surface area (Å²) in [5, 5.41) is 27.6. The number of esters is 2. The first-order valence-corrected chi connectivity index (χ1v) is 45.1. The number of halogens is 2. The summed E-state index contributed by atoms with van der Waals surface area (Å²) >= 11 is 8.98. The maximum absolute atomic E-state index is 14.6. The number of para-hydroxylation sites is 2. The number of hydrogen-bond acceptors (Lipinski definition) is 24. The first-order valence-electron chi connectivity index (χ1n) is 42.4. The van der Waals surface area contributed by atoms with E-state index >= 15 is 0 Å². The summed E-state index contributed by atoms with van der Waals surface area (Å²) in [6.45, 7) is 24.3. The number of benzene rings is 4. The zero-order valence-electron chi connectivity index (χ0n) is 72.4. The number of ketones is 3. The Morgan fingerprint density at radius 2 is 0.919 bits per heavy atom. The van der Waals surface area contributed by atoms with Crippen LogP contribution in [0.15, 0.2) is 118 Å². The van der Waals surface area contributed by atoms with E-state index in [9.17, 15) is 62.1 Å². The normalized spacial score (nSPS) is 24.0. The van der Waals surface area contributed by atoms with E-state index < -0.39 is 121 Å². The van der Waals surface area contributed by atoms with Crippen LogP contribution >= 0.6 is 23.2 Å². The van der Waals surface area contributed by atoms with E-state index in [0.717, 1.165) is 49.8 Å². The molecule has 0 radical (unpaired) electrons. The van der Waals surface area contributed by atoms with Crippen LogP contribution in [0.4, 0.5) is 0 Å². The van der Waals surface area contributed by atoms with Crippen molar-refractivity contribution >= 4 is 141 Å². The largest absolute Gasteiger partial charge is 0.472 e. The van der Waals surface area contributed by atoms with Crippen molar-refractivity contribution in [3.8, 4) is 11.8 Å². The van der Waals surface area contributed by atoms with E-state index in [1.54, 1.807) is 67.9 Å². The molecule has 4 aromatic carbocycles. The van der Waals surface area contributed by atoms with Crippen LogP contribution in [0.3, 0.4) is 0 Å². The topological polar surface area (TPSA) is 374 Å². The van der Waals surface area contributed by atoms with Crippen molar-refractivity contribution in [1.29, 1.82) is 0 Å². The van der Waals surface area contributed by atoms with Gasteiger partial charge in [0.25, 0.3) is 11.8 Å². The number of carbonyl (C=O) groups is 11. The predicted molar refractivity (Wildman–Crippen MR) is 466 cm³/mol. The molecule has 4 aromatic heterocycles. The van der Waals surface area contributed by atoms with Gasteiger partial charge in [-0.2, -0.15) is 0 Å². The second-order valence-corrected chi connectivity index (χ2v) is 37.0. The zero-order chi connectivity index (χ0) is 89.4. The van der Waals surface area contributed by atoms with Crippen LogP contribution in [-0.4, -0.2) is 207 Å². The van der Waals surface area contributed by atoms with Crippen molar-refractivity contribution in [1.82, 2.24) is 45.6 Å². The summed E-state index contributed by atoms with van der Waals surface area (Å²) in [7, 11) is -0.611. The second kappa shape index (κ2) is 42.2. The number of amides is 4. The van der Waals surface area contributed by atoms with Crippen LogP contribution in [0.2, 0.25) is 0 Å². The third-order valence-electron chi connectivity index (χ3n) is 23.0. The lowest BCUT2D eigenvalue weighted by atomic mass is 9.90. The van der Waals surface area contributed by atoms with Crippen LogP contribution < -0.4 is 20.1 Å². The number of hydrogen-bond donors (Lipinski definition) is 3. The molecule has 4 aliphatic heterocycles. The summed E-state index contributed by atoms with van der Waals surface area (Å²) < 4.78 is 44.7. The number of aromatic nitrogens is 4. The summed E-state index contributed by atoms with van der Waals surface area (Å²) in [5.41, 5.74) is -2.20. The monoisotopic (exact) mass is 1750 g/mol. The number of nitrogens with one attached hydrogen (secondary N) is 2. The molecule has 8 aromatic rings. The van der Waals surface area contributed by atoms with Gasteiger partial charge in [0.05, 0.1) is 53.1 Å². The summed E-state index contributed by atoms with van der Waals surface area (Å²) in [6, 6.07) is 30.4. The van der Waals surface area contributed by atoms with Crippen molar-refractivity contribution in [3.63, 3.8) is 0 Å². The average Bonchev–Trinajstić information content (AvgIpc) is 1.58. The van der Waals surface area contributed by atoms with Crippen molar-refractivity contribution in [2.75, 3.05) is 45.2 Å². The number of fused-ring (bicyclic) bond motifs is 10. The fourth-order valence-corrected chi connectivity index (χ4v) is 16.7. The molecule has 14 rings (SSSR count). The lowest BCUT2D eigenvalue weighted by molar-refractivity contribution is -0.165. The van der Waals surface area contributed by atoms with E-state index in [4.69, 9.17) is 38.0 Å². The van der Waals surface area contributed by atoms with Gasteiger partial charge in [0, 0.05) is 95.5 Å². The highest BCUT2D eigenvalue weighted by atomic mass is 35.5. The molecule has 662 valence electrons. The van der Waals surface area contributed by atoms with E-state index in [0.29, 0.717) is 100 Å². The third-order valence-corrected chi connectivity index (χ3v) is 23.5. The SMILES string of the molecule is CCN(CC)CC.CS(C)=O.Cc1cc(C(=O)N[C@H]2CCCCCC(=O)C[C@@H]3C[C@@]3(C(=O)OC(C)(C)C)CC(=O)[C@@H]3C[C@@H](Oc4nc5ccccc5c5ccccc45)CN3C2=O)no1.Cc1cc(C(=O)N[C@H]2CCCCCC(O)C[C@@H]3C[C@@]3(C(=O)OC(C)(C)C)CC(=O)[C@@H]3C[C@@H](Oc4nc5ccccc5c5ccccc45)CN3C2=O)no1.O=C(Cl)C(=O)Cl. The molecule has 6 fully saturated rings. The number of Topliss-reactive ketones (excluding diaryl/α,β-unsaturated/α-hetero) is 3. The Labute approximate surface area is 729 Å². The zero-order valence-corrected chi connectivity index (χ0v) is 74.8. The molecule has 1 unspecified atom stereocenters. The van der Waals surface area contributed by atoms with Crippen LogP contribution in [0.1, 0.15) is 210 Å². The molecule has 0 spiro atoms. The molecule has 6 aliphatic rings. The average molecular weight is 1750 g/mol. The van der Waals surface area contributed by atoms with E-state index in [-0.39, 0.29) is 85.8 Å². The summed E-state index contributed by atoms with van der Waals surface area (Å²) in [5.74, 6) is -2.30. The first-order chi connectivity index (χ1) is 58.3. The Kier molecular flexibility index (Phi) is 32.7. The second-order valence-electron chi connectivity index (χ2n) is 34.8. The first kappa shape index (κ1) is 95.3. The molecular formula is C92H115Cl2N9O19S. The van der Waals surface area contributed by atoms with Gasteiger partial charge >= 0.3 is 22.4 Å². The molecule has 4 saturated heterocycles. The Morgan fingerprint density at radius 3 is 1.30 bits per heavy atom. The minimum Gasteiger partial charge on any atom is -0.472 e. The minimum atomic E-state index is -1.15. The van der Waals surface area contributed by atoms with Gasteiger partial charge in [0.1, 0.15) is 52.8 Å². The van der Waals surface area contributed by atoms with Crippen LogP contribution in [0.25, 0.3) is 43.4 Å². The van der Waals surface area contributed by atoms with E-state index in [1.165, 1.54) is 41.6 Å². The molecule has 11 atom stereocenters. The Hall–Kier alpha value is -9.94. The number of pyridine rings is 2. The number of aryl methyl sites for hydroxylation is 2. The molecule has 2 saturated carbocycles. The van der Waals surface area contributed by atoms with Gasteiger partial charge in [0.2, 0.25) is 23.6 Å². The quantitative estimate of drug-likeness (QED) is 0.0394. The number of aliphatic hydroxyl groups is 1. The lowest BCUT2D eigenvalue weighted by Gasteiger charge is -2.30. The smallest absolute Gasteiger partial charge is 0.313 e. The Morgan fingerprint density at radius 1 is 0.545 bits per heavy atom. The summed E-state index contributed by atoms with van der Waals surface area (Å²) in [4.78, 5) is 160. The lowest BCUT2D eigenvalue weighted by Crippen LogP contribution is -2.52. The number of aliphatic hydroxyl groups excluding tert-OH is 1. The van der Waals surface area contributed by atoms with Gasteiger partial charge in [-0.1, -0.05) is 136 Å². The highest BCUT2D eigenvalue weighted by Gasteiger charge is 2.65. The molecule has 0 bridgehead atoms. The highest BCUT2D eigenvalue weighted by molar-refractivity contribution is 7.83. The van der Waals surface area contributed by atoms with Gasteiger partial charge in [-0.25, -0.2) is 9.97 Å². The number of ether oxygens (including phenoxy) is 4. The molecule has 4 amide bonds. The van der Waals surface area contributed by atoms with Crippen molar-refractivity contribution in [2.45, 2.75) is 245 Å². The van der Waals surface area contributed by atoms with Crippen molar-refractivity contribution in [3.05, 3.63) is 132 Å². The summed E-state index contributed by atoms with van der Waals surface area (Å²) in [6.07, 6.45) is 8.16. The van der Waals surface area contributed by atoms with Crippen LogP contribution in [0, 0.1) is 36.5 Å². The van der Waals surface area contributed by atoms with Gasteiger partial charge in [0.15, 0.2) is 23.0 Å². The molecule has 8 heterocycles. The molecule has 31 heteroatoms. The molecular weight excluding hydrogens is 1640 g/mol. The predicted octanol–water partition coefficient (Wildman–Crippen LogP) is 13.8. The number of rotatable bonds is 14. The Balaban J connectivity index is 0.000000217. The molecule has 2 aliphatic carbocycles. The molecule has 123 heavy (non-hydrogen) atoms. The van der Waals surface area contributed by atoms with Crippen molar-refractivity contribution in [2.24, 2.45) is 22.7 Å². The van der Waals surface area contributed by atoms with Crippen LogP contribution in [0.5, 0.6) is 11.8 Å². The fourth-order valence-electron chi connectivity index (χ4n) is 16.7. The van der Waals surface area contributed by atoms with Gasteiger partial charge in [-0.15, -0.1) is 0 Å². The number of carbonyl (C=O) groups excluding carboxylic acids is 11. The fraction of sp³-hybridized carbons (Fsp3) is 0.533. The molecule has 3 N–H and O–H groups in total. The standard InChI is InChI=1S/C41H48N4O8.C41H46N4O8.C6H15N.C2Cl2O2.C2H6OS/c2*1-24-18-33(44-53-24)36(48)42-32-17-7-5-6-12-26(46)19-25-21-41(25,39(50)52-40(2,3)4)22-35(47)34-20-27(23-45(34)38(32)49)51-37-30-15-9-8-13-28(30)29-14-10-11-16-31(29)43-37;1-4-7(5-2)6-3;3-1(5)2(4)6;1-4(2)3/h8-11,13-16,18,25-27,32,34,46H,5-7,12,17,19-23H2,1-4H3,(H,42,48);8-11,13-16,18,25,27,32,34H,5-7,12,17,19-23H2,1-4H3,(H,42,48);4-6H2,1-3H3;;1-2H3/t25-,26?,27-,32+,34+,41-;25-,27-,32+,34+,41-;;;/m11.../s1. The number of nitrogens with zero attached hydrogens (tertiary/aromatic N) is 7. The maximum atomic E-state index is 14.6. The Bertz CT molecular complexity index is 5170. The van der Waals surface area contributed by atoms with E-state index in [1.807, 2.05) is 97.1 Å². The van der Waals surface area contributed by atoms with Gasteiger partial charge < -0.3 is 58.4 Å². The van der Waals surface area contributed by atoms with Crippen LogP contribution in [-0.2, 0) is 63.4 Å². The van der Waals surface area contributed by atoms with E-state index in [2.05, 4.69) is 69.8 Å². The maximum Gasteiger partial charge on any atom is 0.313 e. The minimum absolute atomic E-state index is 0.0381. The van der Waals surface area contributed by atoms with Gasteiger partial charge in [-0.3, -0.25) is 56.9 Å².